The summed E-state index contributed by atoms with van der Waals surface area (Å²) in [6, 6.07) is -0.798. The zero-order valence-electron chi connectivity index (χ0n) is 6.38. The number of aliphatic hydroxyl groups is 1. The summed E-state index contributed by atoms with van der Waals surface area (Å²) in [5.74, 6) is 0. The van der Waals surface area contributed by atoms with Crippen molar-refractivity contribution in [1.82, 2.24) is 5.09 Å². The molecule has 1 rings (SSSR count). The molecule has 0 bridgehead atoms. The molecule has 0 amide bonds. The van der Waals surface area contributed by atoms with E-state index in [0.717, 1.165) is 0 Å². The number of nitrogens with one attached hydrogen (secondary N) is 1. The van der Waals surface area contributed by atoms with E-state index in [1.807, 2.05) is 0 Å². The minimum absolute atomic E-state index is 0.200. The highest BCUT2D eigenvalue weighted by molar-refractivity contribution is 7.35. The van der Waals surface area contributed by atoms with Crippen molar-refractivity contribution in [3.8, 4) is 0 Å². The fourth-order valence-corrected chi connectivity index (χ4v) is 1.78. The second-order valence-electron chi connectivity index (χ2n) is 2.64. The van der Waals surface area contributed by atoms with Crippen molar-refractivity contribution >= 4 is 16.0 Å². The summed E-state index contributed by atoms with van der Waals surface area (Å²) in [6.07, 6.45) is -0.0431. The third-order valence-electron chi connectivity index (χ3n) is 1.74. The SMILES string of the molecule is [B][C@H]1C[C@@H](N[P+](=O)O)[C@@H](CO)O1. The van der Waals surface area contributed by atoms with E-state index in [1.165, 1.54) is 0 Å². The molecule has 0 aromatic rings. The van der Waals surface area contributed by atoms with Crippen LogP contribution in [0.5, 0.6) is 0 Å². The maximum absolute atomic E-state index is 10.4. The van der Waals surface area contributed by atoms with Gasteiger partial charge in [-0.15, -0.1) is 4.89 Å². The Morgan fingerprint density at radius 2 is 2.42 bits per heavy atom. The Morgan fingerprint density at radius 1 is 1.75 bits per heavy atom. The van der Waals surface area contributed by atoms with Crippen molar-refractivity contribution < 1.29 is 19.3 Å². The van der Waals surface area contributed by atoms with Crippen LogP contribution in [0.3, 0.4) is 0 Å². The Morgan fingerprint density at radius 3 is 2.92 bits per heavy atom. The lowest BCUT2D eigenvalue weighted by atomic mass is 9.95. The molecule has 0 aromatic heterocycles. The van der Waals surface area contributed by atoms with Gasteiger partial charge in [-0.05, 0) is 11.0 Å². The summed E-state index contributed by atoms with van der Waals surface area (Å²) in [6.45, 7) is -0.200. The van der Waals surface area contributed by atoms with Crippen molar-refractivity contribution in [3.63, 3.8) is 0 Å². The first-order valence-corrected chi connectivity index (χ1v) is 4.79. The maximum Gasteiger partial charge on any atom is 0.610 e. The van der Waals surface area contributed by atoms with Gasteiger partial charge in [0.2, 0.25) is 0 Å². The molecule has 1 aliphatic rings. The number of hydrogen-bond acceptors (Lipinski definition) is 3. The fraction of sp³-hybridized carbons (Fsp3) is 1.00. The van der Waals surface area contributed by atoms with Gasteiger partial charge in [0.15, 0.2) is 0 Å². The third kappa shape index (κ3) is 2.50. The predicted molar refractivity (Wildman–Crippen MR) is 42.9 cm³/mol. The lowest BCUT2D eigenvalue weighted by Gasteiger charge is -2.10. The molecule has 12 heavy (non-hydrogen) atoms. The van der Waals surface area contributed by atoms with E-state index in [2.05, 4.69) is 5.09 Å². The zero-order chi connectivity index (χ0) is 9.14. The van der Waals surface area contributed by atoms with Crippen LogP contribution in [0.25, 0.3) is 0 Å². The molecule has 2 radical (unpaired) electrons. The Hall–Kier alpha value is 0.00494. The summed E-state index contributed by atoms with van der Waals surface area (Å²) in [5.41, 5.74) is 0. The summed E-state index contributed by atoms with van der Waals surface area (Å²) in [4.78, 5) is 8.53. The molecule has 4 atom stereocenters. The molecular formula is C5H10BNO4P+. The average Bonchev–Trinajstić information content (AvgIpc) is 2.29. The molecule has 3 N–H and O–H groups in total. The number of hydrogen-bond donors (Lipinski definition) is 3. The lowest BCUT2D eigenvalue weighted by Crippen LogP contribution is -2.34. The van der Waals surface area contributed by atoms with Gasteiger partial charge in [-0.25, -0.2) is 0 Å². The molecule has 0 spiro atoms. The van der Waals surface area contributed by atoms with Crippen molar-refractivity contribution in [2.75, 3.05) is 6.61 Å². The summed E-state index contributed by atoms with van der Waals surface area (Å²) in [7, 11) is 3.01. The summed E-state index contributed by atoms with van der Waals surface area (Å²) < 4.78 is 15.4. The first-order chi connectivity index (χ1) is 5.63. The molecule has 1 saturated heterocycles. The van der Waals surface area contributed by atoms with Crippen LogP contribution in [-0.2, 0) is 9.30 Å². The van der Waals surface area contributed by atoms with Crippen LogP contribution in [0.1, 0.15) is 6.42 Å². The largest absolute Gasteiger partial charge is 0.610 e. The van der Waals surface area contributed by atoms with Crippen molar-refractivity contribution in [2.24, 2.45) is 0 Å². The van der Waals surface area contributed by atoms with Crippen LogP contribution in [0.15, 0.2) is 0 Å². The highest BCUT2D eigenvalue weighted by Gasteiger charge is 2.36. The molecule has 0 saturated carbocycles. The van der Waals surface area contributed by atoms with Gasteiger partial charge < -0.3 is 9.84 Å². The molecule has 1 unspecified atom stereocenters. The molecule has 1 fully saturated rings. The van der Waals surface area contributed by atoms with Crippen molar-refractivity contribution in [1.29, 1.82) is 0 Å². The molecule has 5 nitrogen and oxygen atoms in total. The molecule has 7 heteroatoms. The number of ether oxygens (including phenoxy) is 1. The molecule has 66 valence electrons. The van der Waals surface area contributed by atoms with E-state index in [1.54, 1.807) is 0 Å². The van der Waals surface area contributed by atoms with Gasteiger partial charge in [-0.3, -0.25) is 0 Å². The molecule has 1 heterocycles. The minimum Gasteiger partial charge on any atom is -0.394 e. The van der Waals surface area contributed by atoms with E-state index in [-0.39, 0.29) is 12.6 Å². The topological polar surface area (TPSA) is 78.8 Å². The normalized spacial score (nSPS) is 36.8. The van der Waals surface area contributed by atoms with Crippen LogP contribution in [0, 0.1) is 0 Å². The van der Waals surface area contributed by atoms with Gasteiger partial charge in [0, 0.05) is 6.00 Å². The average molecular weight is 190 g/mol. The molecule has 0 aliphatic carbocycles. The first kappa shape index (κ1) is 10.1. The van der Waals surface area contributed by atoms with Gasteiger partial charge in [0.25, 0.3) is 0 Å². The Labute approximate surface area is 72.4 Å². The highest BCUT2D eigenvalue weighted by atomic mass is 31.1. The van der Waals surface area contributed by atoms with Crippen LogP contribution in [0.4, 0.5) is 0 Å². The number of rotatable bonds is 3. The van der Waals surface area contributed by atoms with Crippen molar-refractivity contribution in [2.45, 2.75) is 24.6 Å². The van der Waals surface area contributed by atoms with E-state index < -0.39 is 20.3 Å². The Kier molecular flexibility index (Phi) is 3.62. The van der Waals surface area contributed by atoms with Gasteiger partial charge in [-0.2, -0.15) is 0 Å². The van der Waals surface area contributed by atoms with Crippen molar-refractivity contribution in [3.05, 3.63) is 0 Å². The second-order valence-corrected chi connectivity index (χ2v) is 3.44. The Balaban J connectivity index is 2.46. The van der Waals surface area contributed by atoms with Gasteiger partial charge in [0.05, 0.1) is 18.8 Å². The second kappa shape index (κ2) is 4.30. The minimum atomic E-state index is -2.41. The van der Waals surface area contributed by atoms with E-state index >= 15 is 0 Å². The molecular weight excluding hydrogens is 180 g/mol. The maximum atomic E-state index is 10.4. The summed E-state index contributed by atoms with van der Waals surface area (Å²) >= 11 is 0. The Bertz CT molecular complexity index is 181. The smallest absolute Gasteiger partial charge is 0.394 e. The van der Waals surface area contributed by atoms with Crippen LogP contribution in [-0.4, -0.2) is 42.6 Å². The van der Waals surface area contributed by atoms with Crippen LogP contribution < -0.4 is 5.09 Å². The molecule has 0 aromatic carbocycles. The van der Waals surface area contributed by atoms with Crippen LogP contribution >= 0.6 is 8.18 Å². The highest BCUT2D eigenvalue weighted by Crippen LogP contribution is 2.22. The molecule has 1 aliphatic heterocycles. The fourth-order valence-electron chi connectivity index (χ4n) is 1.22. The lowest BCUT2D eigenvalue weighted by molar-refractivity contribution is 0.0358. The first-order valence-electron chi connectivity index (χ1n) is 3.57. The van der Waals surface area contributed by atoms with Gasteiger partial charge >= 0.3 is 8.18 Å². The van der Waals surface area contributed by atoms with E-state index in [4.69, 9.17) is 22.6 Å². The zero-order valence-corrected chi connectivity index (χ0v) is 7.28. The van der Waals surface area contributed by atoms with E-state index in [0.29, 0.717) is 6.42 Å². The number of aliphatic hydroxyl groups excluding tert-OH is 1. The summed E-state index contributed by atoms with van der Waals surface area (Å²) in [5, 5.41) is 11.1. The standard InChI is InChI=1S/C5H9BNO4P/c6-5-1-3(7-12(9)10)4(2-8)11-5/h3-5,8H,1-2H2,(H-,7,9,10)/p+1/t3-,4-,5-/m1/s1. The predicted octanol–water partition coefficient (Wildman–Crippen LogP) is -1.13. The third-order valence-corrected chi connectivity index (χ3v) is 2.29. The van der Waals surface area contributed by atoms with E-state index in [9.17, 15) is 4.57 Å². The van der Waals surface area contributed by atoms with Gasteiger partial charge in [0.1, 0.15) is 7.85 Å². The van der Waals surface area contributed by atoms with Crippen LogP contribution in [0.2, 0.25) is 0 Å². The van der Waals surface area contributed by atoms with Gasteiger partial charge in [-0.1, -0.05) is 5.09 Å². The monoisotopic (exact) mass is 190 g/mol. The quantitative estimate of drug-likeness (QED) is 0.387.